The van der Waals surface area contributed by atoms with E-state index >= 15 is 0 Å². The van der Waals surface area contributed by atoms with Gasteiger partial charge in [0.1, 0.15) is 0 Å². The summed E-state index contributed by atoms with van der Waals surface area (Å²) in [6.45, 7) is 4.19. The van der Waals surface area contributed by atoms with Gasteiger partial charge in [-0.3, -0.25) is 4.79 Å². The van der Waals surface area contributed by atoms with Crippen LogP contribution in [0.3, 0.4) is 0 Å². The van der Waals surface area contributed by atoms with E-state index in [1.807, 2.05) is 0 Å². The lowest BCUT2D eigenvalue weighted by Gasteiger charge is -2.33. The van der Waals surface area contributed by atoms with Crippen molar-refractivity contribution in [1.29, 1.82) is 0 Å². The SMILES string of the molecule is CCC(C)C1(C(=O)O)CCCCCC1. The Bertz CT molecular complexity index is 190. The van der Waals surface area contributed by atoms with Crippen molar-refractivity contribution in [1.82, 2.24) is 0 Å². The van der Waals surface area contributed by atoms with E-state index in [1.54, 1.807) is 0 Å². The van der Waals surface area contributed by atoms with Gasteiger partial charge in [0.25, 0.3) is 0 Å². The minimum absolute atomic E-state index is 0.318. The van der Waals surface area contributed by atoms with Crippen LogP contribution < -0.4 is 0 Å². The number of aliphatic carboxylic acids is 1. The number of rotatable bonds is 3. The molecule has 0 aromatic rings. The summed E-state index contributed by atoms with van der Waals surface area (Å²) in [6.07, 6.45) is 7.37. The first-order valence-corrected chi connectivity index (χ1v) is 5.87. The minimum atomic E-state index is -0.561. The molecule has 0 saturated heterocycles. The van der Waals surface area contributed by atoms with E-state index in [1.165, 1.54) is 12.8 Å². The van der Waals surface area contributed by atoms with Gasteiger partial charge in [-0.1, -0.05) is 46.0 Å². The first-order valence-electron chi connectivity index (χ1n) is 5.87. The maximum atomic E-state index is 11.4. The van der Waals surface area contributed by atoms with Gasteiger partial charge in [0, 0.05) is 0 Å². The van der Waals surface area contributed by atoms with Gasteiger partial charge in [-0.2, -0.15) is 0 Å². The predicted octanol–water partition coefficient (Wildman–Crippen LogP) is 3.46. The Morgan fingerprint density at radius 1 is 1.29 bits per heavy atom. The second-order valence-electron chi connectivity index (χ2n) is 4.68. The molecular weight excluding hydrogens is 176 g/mol. The monoisotopic (exact) mass is 198 g/mol. The van der Waals surface area contributed by atoms with E-state index < -0.39 is 11.4 Å². The minimum Gasteiger partial charge on any atom is -0.481 e. The quantitative estimate of drug-likeness (QED) is 0.705. The molecule has 1 unspecified atom stereocenters. The molecule has 14 heavy (non-hydrogen) atoms. The lowest BCUT2D eigenvalue weighted by Crippen LogP contribution is -2.36. The third-order valence-electron chi connectivity index (χ3n) is 3.98. The fourth-order valence-corrected chi connectivity index (χ4v) is 2.67. The third kappa shape index (κ3) is 2.10. The number of hydrogen-bond donors (Lipinski definition) is 1. The summed E-state index contributed by atoms with van der Waals surface area (Å²) in [5, 5.41) is 9.42. The van der Waals surface area contributed by atoms with E-state index in [9.17, 15) is 9.90 Å². The van der Waals surface area contributed by atoms with E-state index in [4.69, 9.17) is 0 Å². The first kappa shape index (κ1) is 11.5. The van der Waals surface area contributed by atoms with Crippen LogP contribution in [-0.4, -0.2) is 11.1 Å². The normalized spacial score (nSPS) is 23.9. The van der Waals surface area contributed by atoms with Crippen molar-refractivity contribution in [2.75, 3.05) is 0 Å². The molecule has 1 rings (SSSR count). The average molecular weight is 198 g/mol. The van der Waals surface area contributed by atoms with Crippen LogP contribution in [0, 0.1) is 11.3 Å². The van der Waals surface area contributed by atoms with Gasteiger partial charge in [-0.15, -0.1) is 0 Å². The molecule has 0 bridgehead atoms. The zero-order valence-electron chi connectivity index (χ0n) is 9.38. The molecule has 1 fully saturated rings. The van der Waals surface area contributed by atoms with Crippen LogP contribution in [0.5, 0.6) is 0 Å². The highest BCUT2D eigenvalue weighted by molar-refractivity contribution is 5.75. The smallest absolute Gasteiger partial charge is 0.309 e. The van der Waals surface area contributed by atoms with Crippen molar-refractivity contribution >= 4 is 5.97 Å². The molecule has 0 aromatic carbocycles. The molecule has 82 valence electrons. The summed E-state index contributed by atoms with van der Waals surface area (Å²) in [5.74, 6) is -0.244. The molecule has 1 saturated carbocycles. The second kappa shape index (κ2) is 4.81. The van der Waals surface area contributed by atoms with E-state index in [0.29, 0.717) is 5.92 Å². The van der Waals surface area contributed by atoms with Crippen LogP contribution in [0.15, 0.2) is 0 Å². The van der Waals surface area contributed by atoms with E-state index in [0.717, 1.165) is 32.1 Å². The largest absolute Gasteiger partial charge is 0.481 e. The Morgan fingerprint density at radius 3 is 2.14 bits per heavy atom. The van der Waals surface area contributed by atoms with Gasteiger partial charge in [-0.25, -0.2) is 0 Å². The Morgan fingerprint density at radius 2 is 1.79 bits per heavy atom. The molecule has 1 atom stereocenters. The average Bonchev–Trinajstić information content (AvgIpc) is 2.42. The summed E-state index contributed by atoms with van der Waals surface area (Å²) in [7, 11) is 0. The standard InChI is InChI=1S/C12H22O2/c1-3-10(2)12(11(13)14)8-6-4-5-7-9-12/h10H,3-9H2,1-2H3,(H,13,14). The number of hydrogen-bond acceptors (Lipinski definition) is 1. The highest BCUT2D eigenvalue weighted by Gasteiger charge is 2.42. The lowest BCUT2D eigenvalue weighted by molar-refractivity contribution is -0.153. The molecule has 1 N–H and O–H groups in total. The first-order chi connectivity index (χ1) is 6.63. The zero-order chi connectivity index (χ0) is 10.6. The Balaban J connectivity index is 2.83. The fraction of sp³-hybridized carbons (Fsp3) is 0.917. The van der Waals surface area contributed by atoms with Crippen LogP contribution in [0.2, 0.25) is 0 Å². The van der Waals surface area contributed by atoms with Crippen molar-refractivity contribution in [3.63, 3.8) is 0 Å². The Labute approximate surface area is 86.7 Å². The summed E-state index contributed by atoms with van der Waals surface area (Å²) >= 11 is 0. The van der Waals surface area contributed by atoms with Gasteiger partial charge in [-0.05, 0) is 18.8 Å². The summed E-state index contributed by atoms with van der Waals surface area (Å²) in [4.78, 5) is 11.4. The molecule has 2 nitrogen and oxygen atoms in total. The molecule has 0 amide bonds. The molecule has 0 radical (unpaired) electrons. The van der Waals surface area contributed by atoms with Crippen LogP contribution in [-0.2, 0) is 4.79 Å². The number of carbonyl (C=O) groups is 1. The molecule has 2 heteroatoms. The van der Waals surface area contributed by atoms with Crippen molar-refractivity contribution in [3.05, 3.63) is 0 Å². The predicted molar refractivity (Wildman–Crippen MR) is 57.2 cm³/mol. The summed E-state index contributed by atoms with van der Waals surface area (Å²) < 4.78 is 0. The molecule has 0 heterocycles. The third-order valence-corrected chi connectivity index (χ3v) is 3.98. The van der Waals surface area contributed by atoms with Crippen molar-refractivity contribution in [2.45, 2.75) is 58.8 Å². The van der Waals surface area contributed by atoms with Gasteiger partial charge in [0.2, 0.25) is 0 Å². The zero-order valence-corrected chi connectivity index (χ0v) is 9.38. The van der Waals surface area contributed by atoms with E-state index in [2.05, 4.69) is 13.8 Å². The number of carboxylic acid groups (broad SMARTS) is 1. The topological polar surface area (TPSA) is 37.3 Å². The maximum Gasteiger partial charge on any atom is 0.309 e. The van der Waals surface area contributed by atoms with E-state index in [-0.39, 0.29) is 0 Å². The molecule has 1 aliphatic carbocycles. The van der Waals surface area contributed by atoms with Crippen LogP contribution in [0.4, 0.5) is 0 Å². The fourth-order valence-electron chi connectivity index (χ4n) is 2.67. The maximum absolute atomic E-state index is 11.4. The van der Waals surface area contributed by atoms with Crippen molar-refractivity contribution < 1.29 is 9.90 Å². The summed E-state index contributed by atoms with van der Waals surface area (Å²) in [6, 6.07) is 0. The highest BCUT2D eigenvalue weighted by atomic mass is 16.4. The van der Waals surface area contributed by atoms with Gasteiger partial charge < -0.3 is 5.11 Å². The molecule has 1 aliphatic rings. The Kier molecular flexibility index (Phi) is 3.97. The molecular formula is C12H22O2. The second-order valence-corrected chi connectivity index (χ2v) is 4.68. The molecule has 0 aromatic heterocycles. The van der Waals surface area contributed by atoms with Gasteiger partial charge in [0.15, 0.2) is 0 Å². The van der Waals surface area contributed by atoms with Crippen molar-refractivity contribution in [2.24, 2.45) is 11.3 Å². The lowest BCUT2D eigenvalue weighted by atomic mass is 9.70. The molecule has 0 aliphatic heterocycles. The van der Waals surface area contributed by atoms with Crippen molar-refractivity contribution in [3.8, 4) is 0 Å². The van der Waals surface area contributed by atoms with Crippen LogP contribution in [0.25, 0.3) is 0 Å². The van der Waals surface area contributed by atoms with Gasteiger partial charge in [0.05, 0.1) is 5.41 Å². The number of carboxylic acids is 1. The van der Waals surface area contributed by atoms with Gasteiger partial charge >= 0.3 is 5.97 Å². The highest BCUT2D eigenvalue weighted by Crippen LogP contribution is 2.42. The molecule has 0 spiro atoms. The summed E-state index contributed by atoms with van der Waals surface area (Å²) in [5.41, 5.74) is -0.411. The Hall–Kier alpha value is -0.530. The van der Waals surface area contributed by atoms with Crippen LogP contribution >= 0.6 is 0 Å². The van der Waals surface area contributed by atoms with Crippen LogP contribution in [0.1, 0.15) is 58.8 Å².